The second-order valence-corrected chi connectivity index (χ2v) is 4.78. The Hall–Kier alpha value is -0.160. The monoisotopic (exact) mass is 318 g/mol. The molecule has 1 aromatic rings. The van der Waals surface area contributed by atoms with E-state index in [1.54, 1.807) is 0 Å². The number of halogens is 1. The molecule has 0 aliphatic carbocycles. The summed E-state index contributed by atoms with van der Waals surface area (Å²) >= 11 is 2.43. The zero-order valence-electron chi connectivity index (χ0n) is 9.30. The lowest BCUT2D eigenvalue weighted by molar-refractivity contribution is 0.613. The molecule has 84 valence electrons. The van der Waals surface area contributed by atoms with Crippen molar-refractivity contribution in [2.24, 2.45) is 0 Å². The molecule has 0 aliphatic rings. The van der Waals surface area contributed by atoms with E-state index in [1.807, 2.05) is 13.0 Å². The van der Waals surface area contributed by atoms with Crippen molar-refractivity contribution in [3.05, 3.63) is 29.6 Å². The van der Waals surface area contributed by atoms with Crippen LogP contribution < -0.4 is 5.32 Å². The molecule has 0 unspecified atom stereocenters. The maximum absolute atomic E-state index is 4.44. The third-order valence-electron chi connectivity index (χ3n) is 2.24. The zero-order valence-corrected chi connectivity index (χ0v) is 11.5. The van der Waals surface area contributed by atoms with Gasteiger partial charge in [-0.2, -0.15) is 0 Å². The van der Waals surface area contributed by atoms with Gasteiger partial charge in [-0.1, -0.05) is 35.1 Å². The molecule has 0 spiro atoms. The van der Waals surface area contributed by atoms with E-state index >= 15 is 0 Å². The maximum Gasteiger partial charge on any atom is 0.0544 e. The molecule has 1 heterocycles. The second kappa shape index (κ2) is 8.05. The highest BCUT2D eigenvalue weighted by molar-refractivity contribution is 14.1. The van der Waals surface area contributed by atoms with Gasteiger partial charge in [0.1, 0.15) is 0 Å². The van der Waals surface area contributed by atoms with Crippen LogP contribution in [0.25, 0.3) is 0 Å². The fourth-order valence-corrected chi connectivity index (χ4v) is 1.98. The smallest absolute Gasteiger partial charge is 0.0544 e. The lowest BCUT2D eigenvalue weighted by atomic mass is 10.2. The molecule has 3 heteroatoms. The first kappa shape index (κ1) is 12.9. The highest BCUT2D eigenvalue weighted by atomic mass is 127. The Kier molecular flexibility index (Phi) is 6.92. The lowest BCUT2D eigenvalue weighted by Crippen LogP contribution is -2.15. The van der Waals surface area contributed by atoms with E-state index < -0.39 is 0 Å². The molecule has 0 aromatic carbocycles. The Bertz CT molecular complexity index is 276. The Labute approximate surface area is 106 Å². The van der Waals surface area contributed by atoms with Crippen molar-refractivity contribution in [3.63, 3.8) is 0 Å². The number of nitrogens with one attached hydrogen (secondary N) is 1. The van der Waals surface area contributed by atoms with Crippen LogP contribution in [0.4, 0.5) is 0 Å². The van der Waals surface area contributed by atoms with Crippen molar-refractivity contribution in [1.82, 2.24) is 10.3 Å². The Morgan fingerprint density at radius 2 is 2.13 bits per heavy atom. The third kappa shape index (κ3) is 6.10. The first-order valence-corrected chi connectivity index (χ1v) is 7.04. The number of rotatable bonds is 7. The molecule has 0 saturated carbocycles. The fourth-order valence-electron chi connectivity index (χ4n) is 1.44. The van der Waals surface area contributed by atoms with Gasteiger partial charge in [-0.15, -0.1) is 0 Å². The summed E-state index contributed by atoms with van der Waals surface area (Å²) < 4.78 is 1.27. The molecule has 0 fully saturated rings. The van der Waals surface area contributed by atoms with Crippen molar-refractivity contribution >= 4 is 22.6 Å². The predicted molar refractivity (Wildman–Crippen MR) is 73.4 cm³/mol. The number of unbranched alkanes of at least 4 members (excludes halogenated alkanes) is 2. The molecule has 0 amide bonds. The molecule has 15 heavy (non-hydrogen) atoms. The summed E-state index contributed by atoms with van der Waals surface area (Å²) in [6.45, 7) is 4.03. The minimum Gasteiger partial charge on any atom is -0.311 e. The van der Waals surface area contributed by atoms with Gasteiger partial charge in [0, 0.05) is 12.2 Å². The summed E-state index contributed by atoms with van der Waals surface area (Å²) in [5.74, 6) is 0. The molecule has 0 radical (unpaired) electrons. The third-order valence-corrected chi connectivity index (χ3v) is 3.00. The van der Waals surface area contributed by atoms with Gasteiger partial charge in [0.2, 0.25) is 0 Å². The molecule has 1 N–H and O–H groups in total. The quantitative estimate of drug-likeness (QED) is 0.475. The van der Waals surface area contributed by atoms with Gasteiger partial charge in [-0.05, 0) is 42.9 Å². The largest absolute Gasteiger partial charge is 0.311 e. The summed E-state index contributed by atoms with van der Waals surface area (Å²) in [7, 11) is 0. The SMILES string of the molecule is Cc1cccc(CNCCCCCI)n1. The lowest BCUT2D eigenvalue weighted by Gasteiger charge is -2.04. The van der Waals surface area contributed by atoms with E-state index in [1.165, 1.54) is 23.7 Å². The molecular formula is C12H19IN2. The molecule has 1 rings (SSSR count). The minimum atomic E-state index is 0.895. The van der Waals surface area contributed by atoms with Crippen LogP contribution in [0.15, 0.2) is 18.2 Å². The Balaban J connectivity index is 2.10. The van der Waals surface area contributed by atoms with Crippen molar-refractivity contribution in [1.29, 1.82) is 0 Å². The summed E-state index contributed by atoms with van der Waals surface area (Å²) in [6, 6.07) is 6.17. The van der Waals surface area contributed by atoms with Gasteiger partial charge in [0.25, 0.3) is 0 Å². The topological polar surface area (TPSA) is 24.9 Å². The van der Waals surface area contributed by atoms with Crippen molar-refractivity contribution in [3.8, 4) is 0 Å². The Morgan fingerprint density at radius 1 is 1.27 bits per heavy atom. The Morgan fingerprint density at radius 3 is 2.87 bits per heavy atom. The highest BCUT2D eigenvalue weighted by Gasteiger charge is 1.94. The van der Waals surface area contributed by atoms with E-state index in [2.05, 4.69) is 45.0 Å². The van der Waals surface area contributed by atoms with Gasteiger partial charge < -0.3 is 5.32 Å². The average molecular weight is 318 g/mol. The van der Waals surface area contributed by atoms with Crippen molar-refractivity contribution in [2.45, 2.75) is 32.7 Å². The highest BCUT2D eigenvalue weighted by Crippen LogP contribution is 1.99. The fraction of sp³-hybridized carbons (Fsp3) is 0.583. The normalized spacial score (nSPS) is 10.5. The molecule has 0 bridgehead atoms. The summed E-state index contributed by atoms with van der Waals surface area (Å²) in [4.78, 5) is 4.44. The first-order chi connectivity index (χ1) is 7.33. The molecule has 2 nitrogen and oxygen atoms in total. The number of hydrogen-bond donors (Lipinski definition) is 1. The minimum absolute atomic E-state index is 0.895. The van der Waals surface area contributed by atoms with Crippen LogP contribution in [0, 0.1) is 6.92 Å². The second-order valence-electron chi connectivity index (χ2n) is 3.70. The predicted octanol–water partition coefficient (Wildman–Crippen LogP) is 3.08. The van der Waals surface area contributed by atoms with E-state index in [4.69, 9.17) is 0 Å². The number of aromatic nitrogens is 1. The molecular weight excluding hydrogens is 299 g/mol. The van der Waals surface area contributed by atoms with E-state index in [0.29, 0.717) is 0 Å². The summed E-state index contributed by atoms with van der Waals surface area (Å²) in [5.41, 5.74) is 2.24. The molecule has 0 aliphatic heterocycles. The van der Waals surface area contributed by atoms with Crippen LogP contribution >= 0.6 is 22.6 Å². The van der Waals surface area contributed by atoms with Gasteiger partial charge >= 0.3 is 0 Å². The van der Waals surface area contributed by atoms with Crippen molar-refractivity contribution in [2.75, 3.05) is 11.0 Å². The number of nitrogens with zero attached hydrogens (tertiary/aromatic N) is 1. The standard InChI is InChI=1S/C12H19IN2/c1-11-6-5-7-12(15-11)10-14-9-4-2-3-8-13/h5-7,14H,2-4,8-10H2,1H3. The van der Waals surface area contributed by atoms with E-state index in [9.17, 15) is 0 Å². The van der Waals surface area contributed by atoms with Crippen LogP contribution in [-0.2, 0) is 6.54 Å². The van der Waals surface area contributed by atoms with Crippen LogP contribution in [-0.4, -0.2) is 16.0 Å². The molecule has 1 aromatic heterocycles. The van der Waals surface area contributed by atoms with Crippen LogP contribution in [0.3, 0.4) is 0 Å². The van der Waals surface area contributed by atoms with Gasteiger partial charge in [0.15, 0.2) is 0 Å². The summed E-state index contributed by atoms with van der Waals surface area (Å²) in [5, 5.41) is 3.42. The number of pyridine rings is 1. The maximum atomic E-state index is 4.44. The van der Waals surface area contributed by atoms with Crippen LogP contribution in [0.1, 0.15) is 30.7 Å². The first-order valence-electron chi connectivity index (χ1n) is 5.52. The number of hydrogen-bond acceptors (Lipinski definition) is 2. The van der Waals surface area contributed by atoms with Gasteiger partial charge in [0.05, 0.1) is 5.69 Å². The van der Waals surface area contributed by atoms with Crippen LogP contribution in [0.5, 0.6) is 0 Å². The van der Waals surface area contributed by atoms with Gasteiger partial charge in [-0.25, -0.2) is 0 Å². The van der Waals surface area contributed by atoms with Crippen LogP contribution in [0.2, 0.25) is 0 Å². The molecule has 0 saturated heterocycles. The van der Waals surface area contributed by atoms with Crippen molar-refractivity contribution < 1.29 is 0 Å². The van der Waals surface area contributed by atoms with E-state index in [0.717, 1.165) is 24.5 Å². The number of aryl methyl sites for hydroxylation is 1. The average Bonchev–Trinajstić information content (AvgIpc) is 2.23. The van der Waals surface area contributed by atoms with Gasteiger partial charge in [-0.3, -0.25) is 4.98 Å². The summed E-state index contributed by atoms with van der Waals surface area (Å²) in [6.07, 6.45) is 3.94. The zero-order chi connectivity index (χ0) is 10.9. The number of alkyl halides is 1. The van der Waals surface area contributed by atoms with E-state index in [-0.39, 0.29) is 0 Å². The molecule has 0 atom stereocenters.